The Morgan fingerprint density at radius 1 is 1.03 bits per heavy atom. The van der Waals surface area contributed by atoms with Gasteiger partial charge in [-0.15, -0.1) is 0 Å². The molecule has 1 spiro atoms. The zero-order valence-corrected chi connectivity index (χ0v) is 23.1. The molecule has 3 aliphatic rings. The van der Waals surface area contributed by atoms with Gasteiger partial charge in [0.05, 0.1) is 13.2 Å². The van der Waals surface area contributed by atoms with Crippen LogP contribution in [-0.2, 0) is 18.7 Å². The van der Waals surface area contributed by atoms with E-state index in [1.54, 1.807) is 6.92 Å². The van der Waals surface area contributed by atoms with Crippen LogP contribution in [0.2, 0.25) is 5.04 Å². The average Bonchev–Trinajstić information content (AvgIpc) is 3.00. The molecule has 1 aliphatic carbocycles. The van der Waals surface area contributed by atoms with Gasteiger partial charge in [-0.05, 0) is 48.5 Å². The summed E-state index contributed by atoms with van der Waals surface area (Å²) in [6.07, 6.45) is 2.50. The quantitative estimate of drug-likeness (QED) is 0.539. The highest BCUT2D eigenvalue weighted by Crippen LogP contribution is 2.66. The fourth-order valence-corrected chi connectivity index (χ4v) is 11.8. The zero-order valence-electron chi connectivity index (χ0n) is 22.1. The topological polar surface area (TPSA) is 44.8 Å². The fraction of sp³-hybridized carbons (Fsp3) is 0.567. The Hall–Kier alpha value is -1.79. The van der Waals surface area contributed by atoms with Crippen LogP contribution in [0.1, 0.15) is 60.8 Å². The van der Waals surface area contributed by atoms with Crippen LogP contribution in [0.3, 0.4) is 0 Å². The molecule has 2 saturated heterocycles. The highest BCUT2D eigenvalue weighted by molar-refractivity contribution is 6.99. The van der Waals surface area contributed by atoms with Crippen molar-refractivity contribution in [2.75, 3.05) is 13.2 Å². The van der Waals surface area contributed by atoms with Crippen molar-refractivity contribution in [3.8, 4) is 0 Å². The zero-order chi connectivity index (χ0) is 25.1. The lowest BCUT2D eigenvalue weighted by Gasteiger charge is -2.64. The average molecular weight is 493 g/mol. The van der Waals surface area contributed by atoms with Gasteiger partial charge >= 0.3 is 0 Å². The van der Waals surface area contributed by atoms with E-state index in [9.17, 15) is 4.79 Å². The summed E-state index contributed by atoms with van der Waals surface area (Å²) in [4.78, 5) is 12.3. The molecule has 1 saturated carbocycles. The van der Waals surface area contributed by atoms with Crippen LogP contribution in [0.25, 0.3) is 0 Å². The van der Waals surface area contributed by atoms with Crippen molar-refractivity contribution in [2.24, 2.45) is 11.3 Å². The maximum Gasteiger partial charge on any atom is 0.261 e. The highest BCUT2D eigenvalue weighted by atomic mass is 28.4. The van der Waals surface area contributed by atoms with Crippen molar-refractivity contribution >= 4 is 24.5 Å². The van der Waals surface area contributed by atoms with Crippen molar-refractivity contribution < 1.29 is 18.7 Å². The van der Waals surface area contributed by atoms with E-state index in [2.05, 4.69) is 95.3 Å². The molecule has 0 bridgehead atoms. The maximum atomic E-state index is 12.3. The van der Waals surface area contributed by atoms with Gasteiger partial charge < -0.3 is 13.9 Å². The minimum atomic E-state index is -2.66. The first-order valence-corrected chi connectivity index (χ1v) is 15.0. The largest absolute Gasteiger partial charge is 0.405 e. The van der Waals surface area contributed by atoms with E-state index < -0.39 is 19.5 Å². The molecular weight excluding hydrogens is 452 g/mol. The summed E-state index contributed by atoms with van der Waals surface area (Å²) in [6, 6.07) is 21.5. The Kier molecular flexibility index (Phi) is 5.95. The summed E-state index contributed by atoms with van der Waals surface area (Å²) in [5, 5.41) is 2.45. The van der Waals surface area contributed by atoms with Crippen molar-refractivity contribution in [2.45, 2.75) is 83.1 Å². The second kappa shape index (κ2) is 8.37. The van der Waals surface area contributed by atoms with Crippen molar-refractivity contribution in [3.63, 3.8) is 0 Å². The van der Waals surface area contributed by atoms with E-state index in [0.717, 1.165) is 19.3 Å². The number of benzene rings is 2. The normalized spacial score (nSPS) is 34.6. The van der Waals surface area contributed by atoms with Crippen LogP contribution in [0.4, 0.5) is 0 Å². The molecular formula is C30H40O4Si. The van der Waals surface area contributed by atoms with Gasteiger partial charge in [0.1, 0.15) is 23.1 Å². The molecule has 0 unspecified atom stereocenters. The molecule has 2 heterocycles. The third kappa shape index (κ3) is 3.46. The predicted molar refractivity (Wildman–Crippen MR) is 142 cm³/mol. The minimum Gasteiger partial charge on any atom is -0.405 e. The standard InChI is InChI=1S/C30H40O4Si/c1-22(31)23-17-18-28(5)21-32-29(6)26(34-30(28,29)19-23)20-33-35(27(2,3)4,24-13-9-7-10-14-24)25-15-11-8-12-16-25/h7-16,23,26H,17-21H2,1-6H3/t23-,26-,28+,29-,30-/m1/s1. The van der Waals surface area contributed by atoms with Crippen LogP contribution in [0.15, 0.2) is 60.7 Å². The van der Waals surface area contributed by atoms with Crippen molar-refractivity contribution in [1.29, 1.82) is 0 Å². The van der Waals surface area contributed by atoms with E-state index in [1.165, 1.54) is 10.4 Å². The first-order valence-electron chi connectivity index (χ1n) is 13.1. The van der Waals surface area contributed by atoms with Gasteiger partial charge in [-0.2, -0.15) is 0 Å². The Balaban J connectivity index is 1.48. The second-order valence-electron chi connectivity index (χ2n) is 12.4. The van der Waals surface area contributed by atoms with Crippen LogP contribution in [0.5, 0.6) is 0 Å². The van der Waals surface area contributed by atoms with E-state index in [-0.39, 0.29) is 28.3 Å². The number of carbonyl (C=O) groups excluding carboxylic acids is 1. The monoisotopic (exact) mass is 492 g/mol. The Bertz CT molecular complexity index is 1040. The number of ether oxygens (including phenoxy) is 2. The molecule has 2 aromatic rings. The lowest BCUT2D eigenvalue weighted by Crippen LogP contribution is -2.78. The summed E-state index contributed by atoms with van der Waals surface area (Å²) in [5.74, 6) is 0.328. The maximum absolute atomic E-state index is 12.3. The van der Waals surface area contributed by atoms with Crippen molar-refractivity contribution in [1.82, 2.24) is 0 Å². The summed E-state index contributed by atoms with van der Waals surface area (Å²) in [7, 11) is -2.66. The summed E-state index contributed by atoms with van der Waals surface area (Å²) in [6.45, 7) is 14.3. The van der Waals surface area contributed by atoms with Crippen LogP contribution in [-0.4, -0.2) is 44.6 Å². The molecule has 35 heavy (non-hydrogen) atoms. The summed E-state index contributed by atoms with van der Waals surface area (Å²) >= 11 is 0. The third-order valence-corrected chi connectivity index (χ3v) is 14.5. The Morgan fingerprint density at radius 3 is 2.11 bits per heavy atom. The van der Waals surface area contributed by atoms with E-state index in [4.69, 9.17) is 13.9 Å². The molecule has 5 atom stereocenters. The first kappa shape index (κ1) is 24.9. The van der Waals surface area contributed by atoms with Gasteiger partial charge in [-0.3, -0.25) is 4.79 Å². The molecule has 0 aromatic heterocycles. The van der Waals surface area contributed by atoms with Gasteiger partial charge in [-0.1, -0.05) is 88.4 Å². The number of rotatable bonds is 6. The lowest BCUT2D eigenvalue weighted by molar-refractivity contribution is -0.354. The van der Waals surface area contributed by atoms with E-state index in [0.29, 0.717) is 13.2 Å². The molecule has 0 amide bonds. The van der Waals surface area contributed by atoms with E-state index >= 15 is 0 Å². The fourth-order valence-electron chi connectivity index (χ4n) is 7.27. The van der Waals surface area contributed by atoms with Crippen LogP contribution in [0, 0.1) is 11.3 Å². The van der Waals surface area contributed by atoms with Gasteiger partial charge in [0, 0.05) is 11.3 Å². The number of hydrogen-bond donors (Lipinski definition) is 0. The third-order valence-electron chi connectivity index (χ3n) is 9.45. The molecule has 4 nitrogen and oxygen atoms in total. The number of ketones is 1. The van der Waals surface area contributed by atoms with E-state index in [1.807, 2.05) is 0 Å². The number of carbonyl (C=O) groups is 1. The Morgan fingerprint density at radius 2 is 1.60 bits per heavy atom. The van der Waals surface area contributed by atoms with Crippen molar-refractivity contribution in [3.05, 3.63) is 60.7 Å². The molecule has 3 fully saturated rings. The van der Waals surface area contributed by atoms with Crippen LogP contribution < -0.4 is 10.4 Å². The molecule has 2 aromatic carbocycles. The molecule has 0 radical (unpaired) electrons. The number of Topliss-reactive ketones (excluding diaryl/α,β-unsaturated/α-hetero) is 1. The summed E-state index contributed by atoms with van der Waals surface area (Å²) in [5.41, 5.74) is -0.906. The van der Waals surface area contributed by atoms with Gasteiger partial charge in [0.15, 0.2) is 0 Å². The van der Waals surface area contributed by atoms with Gasteiger partial charge in [0.25, 0.3) is 8.32 Å². The highest BCUT2D eigenvalue weighted by Gasteiger charge is 2.78. The molecule has 5 heteroatoms. The van der Waals surface area contributed by atoms with Gasteiger partial charge in [0.2, 0.25) is 0 Å². The summed E-state index contributed by atoms with van der Waals surface area (Å²) < 4.78 is 20.6. The SMILES string of the molecule is CC(=O)[C@@H]1CC[C@@]2(C)CO[C@]3(C)[C@@H](CO[Si](c4ccccc4)(c4ccccc4)C(C)(C)C)O[C@]23C1. The first-order chi connectivity index (χ1) is 16.5. The molecule has 5 rings (SSSR count). The van der Waals surface area contributed by atoms with Gasteiger partial charge in [-0.25, -0.2) is 0 Å². The van der Waals surface area contributed by atoms with Crippen LogP contribution >= 0.6 is 0 Å². The second-order valence-corrected chi connectivity index (χ2v) is 16.7. The Labute approximate surface area is 211 Å². The molecule has 188 valence electrons. The smallest absolute Gasteiger partial charge is 0.261 e. The molecule has 0 N–H and O–H groups in total. The molecule has 2 aliphatic heterocycles. The number of hydrogen-bond acceptors (Lipinski definition) is 4. The minimum absolute atomic E-state index is 0.0540. The predicted octanol–water partition coefficient (Wildman–Crippen LogP) is 4.88. The lowest BCUT2D eigenvalue weighted by atomic mass is 9.53.